The number of ether oxygens (including phenoxy) is 1. The van der Waals surface area contributed by atoms with E-state index >= 15 is 0 Å². The maximum Gasteiger partial charge on any atom is 0.120 e. The second kappa shape index (κ2) is 5.07. The fraction of sp³-hybridized carbons (Fsp3) is 0.538. The van der Waals surface area contributed by atoms with Crippen LogP contribution in [-0.4, -0.2) is 12.6 Å². The molecule has 2 N–H and O–H groups in total. The van der Waals surface area contributed by atoms with Crippen LogP contribution in [0.15, 0.2) is 18.2 Å². The first-order chi connectivity index (χ1) is 7.34. The van der Waals surface area contributed by atoms with Gasteiger partial charge < -0.3 is 10.5 Å². The van der Waals surface area contributed by atoms with Gasteiger partial charge in [-0.2, -0.15) is 0 Å². The zero-order valence-electron chi connectivity index (χ0n) is 10.4. The van der Waals surface area contributed by atoms with Crippen molar-refractivity contribution >= 4 is 11.6 Å². The molecule has 0 aliphatic carbocycles. The molecule has 0 heterocycles. The van der Waals surface area contributed by atoms with Crippen LogP contribution in [0.25, 0.3) is 0 Å². The van der Waals surface area contributed by atoms with E-state index in [1.165, 1.54) is 0 Å². The first kappa shape index (κ1) is 13.3. The Balaban J connectivity index is 2.83. The van der Waals surface area contributed by atoms with Crippen LogP contribution in [0, 0.1) is 12.3 Å². The average molecular weight is 242 g/mol. The molecule has 0 radical (unpaired) electrons. The summed E-state index contributed by atoms with van der Waals surface area (Å²) in [4.78, 5) is 0. The van der Waals surface area contributed by atoms with E-state index < -0.39 is 0 Å². The lowest BCUT2D eigenvalue weighted by molar-refractivity contribution is 0.0941. The quantitative estimate of drug-likeness (QED) is 0.880. The Morgan fingerprint density at radius 2 is 2.00 bits per heavy atom. The molecule has 0 aliphatic rings. The summed E-state index contributed by atoms with van der Waals surface area (Å²) >= 11 is 5.96. The highest BCUT2D eigenvalue weighted by Gasteiger charge is 2.25. The van der Waals surface area contributed by atoms with Gasteiger partial charge in [0.2, 0.25) is 0 Å². The number of hydrogen-bond acceptors (Lipinski definition) is 2. The van der Waals surface area contributed by atoms with Gasteiger partial charge in [-0.05, 0) is 30.7 Å². The molecule has 90 valence electrons. The first-order valence-corrected chi connectivity index (χ1v) is 5.85. The molecule has 0 spiro atoms. The number of hydrogen-bond donors (Lipinski definition) is 1. The first-order valence-electron chi connectivity index (χ1n) is 5.47. The van der Waals surface area contributed by atoms with Crippen LogP contribution in [0.2, 0.25) is 5.02 Å². The second-order valence-electron chi connectivity index (χ2n) is 5.12. The molecule has 0 amide bonds. The van der Waals surface area contributed by atoms with Crippen molar-refractivity contribution in [2.24, 2.45) is 11.1 Å². The number of benzene rings is 1. The van der Waals surface area contributed by atoms with Crippen molar-refractivity contribution in [3.8, 4) is 5.75 Å². The van der Waals surface area contributed by atoms with Gasteiger partial charge in [0.1, 0.15) is 11.9 Å². The number of aryl methyl sites for hydroxylation is 1. The van der Waals surface area contributed by atoms with Crippen molar-refractivity contribution in [2.75, 3.05) is 6.54 Å². The molecular weight excluding hydrogens is 222 g/mol. The van der Waals surface area contributed by atoms with Gasteiger partial charge in [0, 0.05) is 17.0 Å². The van der Waals surface area contributed by atoms with Gasteiger partial charge in [0.15, 0.2) is 0 Å². The normalized spacial score (nSPS) is 13.6. The van der Waals surface area contributed by atoms with Gasteiger partial charge in [-0.25, -0.2) is 0 Å². The minimum Gasteiger partial charge on any atom is -0.489 e. The third-order valence-corrected chi connectivity index (χ3v) is 3.01. The molecule has 0 saturated heterocycles. The molecule has 1 unspecified atom stereocenters. The summed E-state index contributed by atoms with van der Waals surface area (Å²) in [6.45, 7) is 8.82. The van der Waals surface area contributed by atoms with E-state index in [1.807, 2.05) is 25.1 Å². The van der Waals surface area contributed by atoms with Gasteiger partial charge >= 0.3 is 0 Å². The monoisotopic (exact) mass is 241 g/mol. The molecule has 1 rings (SSSR count). The molecule has 2 nitrogen and oxygen atoms in total. The van der Waals surface area contributed by atoms with Gasteiger partial charge in [-0.3, -0.25) is 0 Å². The van der Waals surface area contributed by atoms with Gasteiger partial charge in [-0.15, -0.1) is 0 Å². The Morgan fingerprint density at radius 3 is 2.44 bits per heavy atom. The lowest BCUT2D eigenvalue weighted by atomic mass is 9.89. The van der Waals surface area contributed by atoms with E-state index in [-0.39, 0.29) is 11.5 Å². The van der Waals surface area contributed by atoms with Crippen molar-refractivity contribution < 1.29 is 4.74 Å². The highest BCUT2D eigenvalue weighted by molar-refractivity contribution is 6.31. The Hall–Kier alpha value is -0.730. The molecule has 0 bridgehead atoms. The molecule has 1 aromatic carbocycles. The smallest absolute Gasteiger partial charge is 0.120 e. The summed E-state index contributed by atoms with van der Waals surface area (Å²) < 4.78 is 5.88. The van der Waals surface area contributed by atoms with Gasteiger partial charge in [0.05, 0.1) is 0 Å². The summed E-state index contributed by atoms with van der Waals surface area (Å²) in [5, 5.41) is 0.757. The van der Waals surface area contributed by atoms with E-state index in [2.05, 4.69) is 20.8 Å². The fourth-order valence-corrected chi connectivity index (χ4v) is 1.55. The summed E-state index contributed by atoms with van der Waals surface area (Å²) in [6, 6.07) is 5.67. The van der Waals surface area contributed by atoms with Crippen LogP contribution >= 0.6 is 11.6 Å². The standard InChI is InChI=1S/C13H20ClNO/c1-9-7-10(5-6-11(9)14)16-12(8-15)13(2,3)4/h5-7,12H,8,15H2,1-4H3. The third-order valence-electron chi connectivity index (χ3n) is 2.59. The fourth-order valence-electron chi connectivity index (χ4n) is 1.43. The van der Waals surface area contributed by atoms with Crippen molar-refractivity contribution in [1.82, 2.24) is 0 Å². The van der Waals surface area contributed by atoms with E-state index in [4.69, 9.17) is 22.1 Å². The van der Waals surface area contributed by atoms with Crippen molar-refractivity contribution in [3.05, 3.63) is 28.8 Å². The molecule has 0 aromatic heterocycles. The molecule has 1 atom stereocenters. The predicted octanol–water partition coefficient (Wildman–Crippen LogP) is 3.40. The maximum absolute atomic E-state index is 5.96. The molecule has 0 saturated carbocycles. The molecule has 0 fully saturated rings. The third kappa shape index (κ3) is 3.39. The average Bonchev–Trinajstić information content (AvgIpc) is 2.18. The van der Waals surface area contributed by atoms with Crippen LogP contribution < -0.4 is 10.5 Å². The molecule has 3 heteroatoms. The van der Waals surface area contributed by atoms with Crippen LogP contribution in [0.5, 0.6) is 5.75 Å². The topological polar surface area (TPSA) is 35.2 Å². The van der Waals surface area contributed by atoms with Crippen LogP contribution in [0.4, 0.5) is 0 Å². The SMILES string of the molecule is Cc1cc(OC(CN)C(C)(C)C)ccc1Cl. The zero-order valence-corrected chi connectivity index (χ0v) is 11.1. The van der Waals surface area contributed by atoms with E-state index in [9.17, 15) is 0 Å². The van der Waals surface area contributed by atoms with Crippen molar-refractivity contribution in [1.29, 1.82) is 0 Å². The number of nitrogens with two attached hydrogens (primary N) is 1. The number of halogens is 1. The number of rotatable bonds is 3. The minimum atomic E-state index is 0.00748. The van der Waals surface area contributed by atoms with Crippen molar-refractivity contribution in [3.63, 3.8) is 0 Å². The minimum absolute atomic E-state index is 0.00748. The second-order valence-corrected chi connectivity index (χ2v) is 5.53. The van der Waals surface area contributed by atoms with Crippen LogP contribution in [-0.2, 0) is 0 Å². The van der Waals surface area contributed by atoms with Crippen LogP contribution in [0.1, 0.15) is 26.3 Å². The Kier molecular flexibility index (Phi) is 4.22. The van der Waals surface area contributed by atoms with E-state index in [0.29, 0.717) is 6.54 Å². The van der Waals surface area contributed by atoms with Gasteiger partial charge in [0.25, 0.3) is 0 Å². The lowest BCUT2D eigenvalue weighted by Gasteiger charge is -2.30. The molecule has 16 heavy (non-hydrogen) atoms. The maximum atomic E-state index is 5.96. The summed E-state index contributed by atoms with van der Waals surface area (Å²) in [5.41, 5.74) is 6.77. The summed E-state index contributed by atoms with van der Waals surface area (Å²) in [7, 11) is 0. The van der Waals surface area contributed by atoms with Gasteiger partial charge in [-0.1, -0.05) is 32.4 Å². The highest BCUT2D eigenvalue weighted by atomic mass is 35.5. The van der Waals surface area contributed by atoms with E-state index in [1.54, 1.807) is 0 Å². The largest absolute Gasteiger partial charge is 0.489 e. The Morgan fingerprint density at radius 1 is 1.38 bits per heavy atom. The molecule has 0 aliphatic heterocycles. The van der Waals surface area contributed by atoms with Crippen molar-refractivity contribution in [2.45, 2.75) is 33.8 Å². The molecular formula is C13H20ClNO. The van der Waals surface area contributed by atoms with Crippen LogP contribution in [0.3, 0.4) is 0 Å². The van der Waals surface area contributed by atoms with E-state index in [0.717, 1.165) is 16.3 Å². The molecule has 1 aromatic rings. The summed E-state index contributed by atoms with van der Waals surface area (Å²) in [6.07, 6.45) is 0.00748. The Labute approximate surface area is 103 Å². The Bertz CT molecular complexity index is 357. The predicted molar refractivity (Wildman–Crippen MR) is 69.1 cm³/mol. The summed E-state index contributed by atoms with van der Waals surface area (Å²) in [5.74, 6) is 0.826. The highest BCUT2D eigenvalue weighted by Crippen LogP contribution is 2.26. The lowest BCUT2D eigenvalue weighted by Crippen LogP contribution is -2.38. The zero-order chi connectivity index (χ0) is 12.3.